The van der Waals surface area contributed by atoms with Gasteiger partial charge >= 0.3 is 0 Å². The molecule has 0 aromatic heterocycles. The molecule has 10 heteroatoms. The van der Waals surface area contributed by atoms with Gasteiger partial charge in [-0.25, -0.2) is 0 Å². The van der Waals surface area contributed by atoms with E-state index in [9.17, 15) is 30.6 Å². The van der Waals surface area contributed by atoms with Crippen LogP contribution in [-0.4, -0.2) is 99.2 Å². The minimum Gasteiger partial charge on any atom is -0.388 e. The second-order valence-corrected chi connectivity index (χ2v) is 7.29. The first-order valence-corrected chi connectivity index (χ1v) is 9.47. The molecule has 0 saturated carbocycles. The van der Waals surface area contributed by atoms with Crippen LogP contribution >= 0.6 is 0 Å². The smallest absolute Gasteiger partial charge is 0.187 e. The van der Waals surface area contributed by atoms with E-state index in [0.717, 1.165) is 5.56 Å². The molecule has 2 heterocycles. The van der Waals surface area contributed by atoms with Gasteiger partial charge in [-0.15, -0.1) is 0 Å². The fourth-order valence-corrected chi connectivity index (χ4v) is 3.29. The molecule has 3 rings (SSSR count). The van der Waals surface area contributed by atoms with Crippen LogP contribution in [-0.2, 0) is 18.9 Å². The Bertz CT molecular complexity index is 631. The molecule has 0 amide bonds. The summed E-state index contributed by atoms with van der Waals surface area (Å²) in [6.07, 6.45) is -12.7. The average molecular weight is 416 g/mol. The molecule has 2 fully saturated rings. The second-order valence-electron chi connectivity index (χ2n) is 7.29. The number of aliphatic hydroxyl groups excluding tert-OH is 6. The summed E-state index contributed by atoms with van der Waals surface area (Å²) in [4.78, 5) is 0. The quantitative estimate of drug-likeness (QED) is 0.307. The zero-order valence-corrected chi connectivity index (χ0v) is 15.9. The van der Waals surface area contributed by atoms with Gasteiger partial charge in [0, 0.05) is 0 Å². The van der Waals surface area contributed by atoms with E-state index in [4.69, 9.17) is 18.9 Å². The van der Waals surface area contributed by atoms with Gasteiger partial charge in [-0.2, -0.15) is 0 Å². The van der Waals surface area contributed by atoms with Crippen molar-refractivity contribution in [2.24, 2.45) is 0 Å². The predicted molar refractivity (Wildman–Crippen MR) is 96.3 cm³/mol. The zero-order chi connectivity index (χ0) is 21.1. The molecule has 0 spiro atoms. The molecule has 2 saturated heterocycles. The Kier molecular flexibility index (Phi) is 7.57. The molecule has 2 aliphatic heterocycles. The van der Waals surface area contributed by atoms with Crippen LogP contribution in [0, 0.1) is 0 Å². The largest absolute Gasteiger partial charge is 0.388 e. The number of hydrogen-bond donors (Lipinski definition) is 6. The van der Waals surface area contributed by atoms with E-state index in [1.54, 1.807) is 6.92 Å². The fraction of sp³-hybridized carbons (Fsp3) is 0.684. The SMILES string of the molecule is C[C@@H](O[C@@H]1O[C@H](CO[C@@H]2OC[C@@H](O)[C@H](O)[C@H]2O)[C@@H](O)[C@H](O)[C@H]1O)c1ccccc1. The number of hydrogen-bond acceptors (Lipinski definition) is 10. The predicted octanol–water partition coefficient (Wildman–Crippen LogP) is -1.97. The highest BCUT2D eigenvalue weighted by molar-refractivity contribution is 5.16. The highest BCUT2D eigenvalue weighted by atomic mass is 16.7. The molecule has 29 heavy (non-hydrogen) atoms. The van der Waals surface area contributed by atoms with Crippen LogP contribution in [0.4, 0.5) is 0 Å². The maximum atomic E-state index is 10.2. The van der Waals surface area contributed by atoms with Gasteiger partial charge in [-0.05, 0) is 12.5 Å². The van der Waals surface area contributed by atoms with Crippen LogP contribution in [0.15, 0.2) is 30.3 Å². The average Bonchev–Trinajstić information content (AvgIpc) is 2.73. The first-order chi connectivity index (χ1) is 13.8. The van der Waals surface area contributed by atoms with Gasteiger partial charge in [0.15, 0.2) is 12.6 Å². The summed E-state index contributed by atoms with van der Waals surface area (Å²) < 4.78 is 21.8. The topological polar surface area (TPSA) is 158 Å². The van der Waals surface area contributed by atoms with Crippen molar-refractivity contribution in [1.82, 2.24) is 0 Å². The molecule has 0 unspecified atom stereocenters. The third kappa shape index (κ3) is 5.12. The third-order valence-corrected chi connectivity index (χ3v) is 5.15. The van der Waals surface area contributed by atoms with Gasteiger partial charge in [0.25, 0.3) is 0 Å². The molecule has 10 nitrogen and oxygen atoms in total. The van der Waals surface area contributed by atoms with Crippen molar-refractivity contribution in [3.05, 3.63) is 35.9 Å². The first kappa shape index (κ1) is 22.5. The van der Waals surface area contributed by atoms with E-state index >= 15 is 0 Å². The molecule has 0 bridgehead atoms. The lowest BCUT2D eigenvalue weighted by Gasteiger charge is -2.42. The maximum absolute atomic E-state index is 10.2. The lowest BCUT2D eigenvalue weighted by Crippen LogP contribution is -2.60. The Hall–Kier alpha value is -1.18. The second kappa shape index (κ2) is 9.75. The summed E-state index contributed by atoms with van der Waals surface area (Å²) in [5.41, 5.74) is 0.836. The van der Waals surface area contributed by atoms with Gasteiger partial charge in [0.2, 0.25) is 0 Å². The Morgan fingerprint density at radius 2 is 1.55 bits per heavy atom. The van der Waals surface area contributed by atoms with Crippen molar-refractivity contribution in [2.75, 3.05) is 13.2 Å². The van der Waals surface area contributed by atoms with E-state index < -0.39 is 61.4 Å². The standard InChI is InChI=1S/C19H28O10/c1-9(10-5-3-2-4-6-10)28-19-17(25)15(23)14(22)12(29-19)8-27-18-16(24)13(21)11(20)7-26-18/h2-6,9,11-25H,7-8H2,1H3/t9-,11-,12-,13+,14-,15+,16-,17-,18+,19-/m1/s1. The zero-order valence-electron chi connectivity index (χ0n) is 15.9. The molecule has 0 radical (unpaired) electrons. The Morgan fingerprint density at radius 1 is 0.897 bits per heavy atom. The highest BCUT2D eigenvalue weighted by Gasteiger charge is 2.46. The summed E-state index contributed by atoms with van der Waals surface area (Å²) in [7, 11) is 0. The van der Waals surface area contributed by atoms with Gasteiger partial charge in [-0.1, -0.05) is 30.3 Å². The Balaban J connectivity index is 1.60. The summed E-state index contributed by atoms with van der Waals surface area (Å²) in [5, 5.41) is 59.7. The van der Waals surface area contributed by atoms with E-state index in [1.165, 1.54) is 0 Å². The van der Waals surface area contributed by atoms with E-state index in [-0.39, 0.29) is 13.2 Å². The van der Waals surface area contributed by atoms with Crippen LogP contribution in [0.1, 0.15) is 18.6 Å². The maximum Gasteiger partial charge on any atom is 0.187 e. The van der Waals surface area contributed by atoms with Crippen molar-refractivity contribution in [3.8, 4) is 0 Å². The van der Waals surface area contributed by atoms with Crippen molar-refractivity contribution in [1.29, 1.82) is 0 Å². The van der Waals surface area contributed by atoms with E-state index in [1.807, 2.05) is 30.3 Å². The van der Waals surface area contributed by atoms with E-state index in [2.05, 4.69) is 0 Å². The van der Waals surface area contributed by atoms with Gasteiger partial charge < -0.3 is 49.6 Å². The number of rotatable bonds is 6. The molecule has 1 aromatic rings. The summed E-state index contributed by atoms with van der Waals surface area (Å²) >= 11 is 0. The Labute approximate surface area is 167 Å². The molecule has 2 aliphatic rings. The third-order valence-electron chi connectivity index (χ3n) is 5.15. The lowest BCUT2D eigenvalue weighted by atomic mass is 9.99. The molecule has 1 aromatic carbocycles. The lowest BCUT2D eigenvalue weighted by molar-refractivity contribution is -0.327. The van der Waals surface area contributed by atoms with Crippen molar-refractivity contribution >= 4 is 0 Å². The molecule has 10 atom stereocenters. The number of benzene rings is 1. The highest BCUT2D eigenvalue weighted by Crippen LogP contribution is 2.28. The van der Waals surface area contributed by atoms with Crippen molar-refractivity contribution < 1.29 is 49.6 Å². The number of aliphatic hydroxyl groups is 6. The summed E-state index contributed by atoms with van der Waals surface area (Å²) in [6, 6.07) is 9.21. The number of ether oxygens (including phenoxy) is 4. The summed E-state index contributed by atoms with van der Waals surface area (Å²) in [5.74, 6) is 0. The normalized spacial score (nSPS) is 41.8. The molecule has 6 N–H and O–H groups in total. The minimum absolute atomic E-state index is 0.237. The van der Waals surface area contributed by atoms with Crippen LogP contribution in [0.25, 0.3) is 0 Å². The van der Waals surface area contributed by atoms with Crippen molar-refractivity contribution in [2.45, 2.75) is 68.3 Å². The molecular formula is C19H28O10. The fourth-order valence-electron chi connectivity index (χ4n) is 3.29. The van der Waals surface area contributed by atoms with Crippen molar-refractivity contribution in [3.63, 3.8) is 0 Å². The minimum atomic E-state index is -1.55. The molecule has 164 valence electrons. The first-order valence-electron chi connectivity index (χ1n) is 9.47. The van der Waals surface area contributed by atoms with E-state index in [0.29, 0.717) is 0 Å². The molecular weight excluding hydrogens is 388 g/mol. The van der Waals surface area contributed by atoms with Crippen LogP contribution in [0.3, 0.4) is 0 Å². The van der Waals surface area contributed by atoms with Gasteiger partial charge in [0.1, 0.15) is 42.7 Å². The van der Waals surface area contributed by atoms with Crippen LogP contribution in [0.5, 0.6) is 0 Å². The van der Waals surface area contributed by atoms with Gasteiger partial charge in [0.05, 0.1) is 19.3 Å². The van der Waals surface area contributed by atoms with Gasteiger partial charge in [-0.3, -0.25) is 0 Å². The Morgan fingerprint density at radius 3 is 2.24 bits per heavy atom. The summed E-state index contributed by atoms with van der Waals surface area (Å²) in [6.45, 7) is 1.20. The molecule has 0 aliphatic carbocycles. The van der Waals surface area contributed by atoms with Crippen LogP contribution in [0.2, 0.25) is 0 Å². The van der Waals surface area contributed by atoms with Crippen LogP contribution < -0.4 is 0 Å². The monoisotopic (exact) mass is 416 g/mol.